The normalized spacial score (nSPS) is 15.3. The number of amides is 1. The lowest BCUT2D eigenvalue weighted by Gasteiger charge is -2.16. The highest BCUT2D eigenvalue weighted by Crippen LogP contribution is 2.36. The van der Waals surface area contributed by atoms with Gasteiger partial charge in [0.2, 0.25) is 5.91 Å². The van der Waals surface area contributed by atoms with Gasteiger partial charge in [0.25, 0.3) is 0 Å². The van der Waals surface area contributed by atoms with E-state index < -0.39 is 0 Å². The summed E-state index contributed by atoms with van der Waals surface area (Å²) in [6.07, 6.45) is 3.44. The smallest absolute Gasteiger partial charge is 0.246 e. The quantitative estimate of drug-likeness (QED) is 0.484. The Labute approximate surface area is 190 Å². The maximum Gasteiger partial charge on any atom is 0.246 e. The number of carbonyl (C=O) groups is 1. The second-order valence-electron chi connectivity index (χ2n) is 7.28. The number of halogens is 1. The number of nitrogens with two attached hydrogens (primary N) is 1. The molecule has 0 spiro atoms. The van der Waals surface area contributed by atoms with Crippen LogP contribution in [0.2, 0.25) is 5.15 Å². The van der Waals surface area contributed by atoms with Crippen LogP contribution < -0.4 is 15.2 Å². The third-order valence-electron chi connectivity index (χ3n) is 5.45. The number of anilines is 1. The van der Waals surface area contributed by atoms with Gasteiger partial charge in [-0.3, -0.25) is 4.79 Å². The van der Waals surface area contributed by atoms with Crippen molar-refractivity contribution in [2.75, 3.05) is 33.0 Å². The van der Waals surface area contributed by atoms with Crippen molar-refractivity contribution >= 4 is 34.4 Å². The van der Waals surface area contributed by atoms with Crippen molar-refractivity contribution in [2.24, 2.45) is 0 Å². The molecule has 1 amide bonds. The Balaban J connectivity index is 1.81. The Bertz CT molecular complexity index is 1250. The molecule has 32 heavy (non-hydrogen) atoms. The summed E-state index contributed by atoms with van der Waals surface area (Å²) in [4.78, 5) is 22.3. The number of nitrogen functional groups attached to an aromatic ring is 1. The maximum atomic E-state index is 12.0. The summed E-state index contributed by atoms with van der Waals surface area (Å²) in [5, 5.41) is 1.00. The summed E-state index contributed by atoms with van der Waals surface area (Å²) >= 11 is 6.81. The van der Waals surface area contributed by atoms with E-state index in [1.165, 1.54) is 12.4 Å². The standard InChI is InChI=1S/C23H22ClN5O3/c1-4-19(30)28-8-7-15(12-28)29-21(24)18(20-22(25)26-13-27-23(20)29)6-5-14-9-16(31-2)11-17(10-14)32-3/h4,9-11,13,15H,1,7-8,12H2,2-3H3,(H2,25,26,27). The minimum absolute atomic E-state index is 0.0596. The lowest BCUT2D eigenvalue weighted by Crippen LogP contribution is -2.27. The zero-order valence-corrected chi connectivity index (χ0v) is 18.5. The second kappa shape index (κ2) is 8.81. The van der Waals surface area contributed by atoms with E-state index in [9.17, 15) is 4.79 Å². The molecule has 9 heteroatoms. The summed E-state index contributed by atoms with van der Waals surface area (Å²) < 4.78 is 12.5. The van der Waals surface area contributed by atoms with Crippen LogP contribution >= 0.6 is 11.6 Å². The van der Waals surface area contributed by atoms with E-state index in [1.807, 2.05) is 4.57 Å². The average molecular weight is 452 g/mol. The molecule has 1 aliphatic heterocycles. The first kappa shape index (κ1) is 21.5. The van der Waals surface area contributed by atoms with Gasteiger partial charge in [0.15, 0.2) is 0 Å². The lowest BCUT2D eigenvalue weighted by atomic mass is 10.1. The Hall–Kier alpha value is -3.70. The molecule has 2 aromatic heterocycles. The number of fused-ring (bicyclic) bond motifs is 1. The van der Waals surface area contributed by atoms with Gasteiger partial charge < -0.3 is 24.7 Å². The SMILES string of the molecule is C=CC(=O)N1CCC(n2c(Cl)c(C#Cc3cc(OC)cc(OC)c3)c3c(N)ncnc32)C1. The summed E-state index contributed by atoms with van der Waals surface area (Å²) in [5.41, 5.74) is 8.01. The van der Waals surface area contributed by atoms with Crippen LogP contribution in [0, 0.1) is 11.8 Å². The molecule has 3 aromatic rings. The fourth-order valence-corrected chi connectivity index (χ4v) is 4.23. The second-order valence-corrected chi connectivity index (χ2v) is 7.63. The molecule has 0 saturated carbocycles. The fraction of sp³-hybridized carbons (Fsp3) is 0.261. The van der Waals surface area contributed by atoms with Gasteiger partial charge in [-0.2, -0.15) is 0 Å². The Morgan fingerprint density at radius 3 is 2.62 bits per heavy atom. The van der Waals surface area contributed by atoms with E-state index in [4.69, 9.17) is 26.8 Å². The molecule has 1 fully saturated rings. The van der Waals surface area contributed by atoms with Gasteiger partial charge in [0, 0.05) is 24.7 Å². The van der Waals surface area contributed by atoms with Crippen molar-refractivity contribution in [1.82, 2.24) is 19.4 Å². The molecule has 1 aromatic carbocycles. The molecule has 1 unspecified atom stereocenters. The number of carbonyl (C=O) groups excluding carboxylic acids is 1. The molecular formula is C23H22ClN5O3. The Kier molecular flexibility index (Phi) is 5.93. The summed E-state index contributed by atoms with van der Waals surface area (Å²) in [7, 11) is 3.16. The number of nitrogens with zero attached hydrogens (tertiary/aromatic N) is 4. The number of methoxy groups -OCH3 is 2. The molecule has 1 aliphatic rings. The molecule has 4 rings (SSSR count). The van der Waals surface area contributed by atoms with Crippen LogP contribution in [0.5, 0.6) is 11.5 Å². The Morgan fingerprint density at radius 2 is 1.97 bits per heavy atom. The monoisotopic (exact) mass is 451 g/mol. The van der Waals surface area contributed by atoms with Gasteiger partial charge in [-0.05, 0) is 24.6 Å². The van der Waals surface area contributed by atoms with E-state index >= 15 is 0 Å². The number of ether oxygens (including phenoxy) is 2. The van der Waals surface area contributed by atoms with Gasteiger partial charge in [0.05, 0.1) is 31.2 Å². The first-order chi connectivity index (χ1) is 15.5. The van der Waals surface area contributed by atoms with Crippen LogP contribution in [0.1, 0.15) is 23.6 Å². The Morgan fingerprint density at radius 1 is 1.25 bits per heavy atom. The maximum absolute atomic E-state index is 12.0. The van der Waals surface area contributed by atoms with E-state index in [0.717, 1.165) is 6.42 Å². The molecule has 1 atom stereocenters. The molecular weight excluding hydrogens is 430 g/mol. The number of rotatable bonds is 4. The van der Waals surface area contributed by atoms with E-state index in [0.29, 0.717) is 57.7 Å². The summed E-state index contributed by atoms with van der Waals surface area (Å²) in [5.74, 6) is 7.69. The minimum Gasteiger partial charge on any atom is -0.497 e. The largest absolute Gasteiger partial charge is 0.497 e. The lowest BCUT2D eigenvalue weighted by molar-refractivity contribution is -0.125. The van der Waals surface area contributed by atoms with E-state index in [1.54, 1.807) is 37.3 Å². The molecule has 0 bridgehead atoms. The van der Waals surface area contributed by atoms with Crippen LogP contribution in [0.3, 0.4) is 0 Å². The van der Waals surface area contributed by atoms with Crippen LogP contribution in [-0.2, 0) is 4.79 Å². The van der Waals surface area contributed by atoms with Crippen LogP contribution in [-0.4, -0.2) is 52.7 Å². The van der Waals surface area contributed by atoms with Crippen molar-refractivity contribution in [3.8, 4) is 23.3 Å². The zero-order chi connectivity index (χ0) is 22.8. The van der Waals surface area contributed by atoms with Crippen LogP contribution in [0.15, 0.2) is 37.2 Å². The van der Waals surface area contributed by atoms with Crippen LogP contribution in [0.25, 0.3) is 11.0 Å². The fourth-order valence-electron chi connectivity index (χ4n) is 3.87. The first-order valence-corrected chi connectivity index (χ1v) is 10.3. The van der Waals surface area contributed by atoms with Crippen molar-refractivity contribution in [2.45, 2.75) is 12.5 Å². The molecule has 8 nitrogen and oxygen atoms in total. The van der Waals surface area contributed by atoms with Crippen molar-refractivity contribution < 1.29 is 14.3 Å². The molecule has 0 aliphatic carbocycles. The minimum atomic E-state index is -0.110. The summed E-state index contributed by atoms with van der Waals surface area (Å²) in [6, 6.07) is 5.32. The third-order valence-corrected chi connectivity index (χ3v) is 5.82. The highest BCUT2D eigenvalue weighted by molar-refractivity contribution is 6.32. The summed E-state index contributed by atoms with van der Waals surface area (Å²) in [6.45, 7) is 4.67. The van der Waals surface area contributed by atoms with E-state index in [2.05, 4.69) is 28.4 Å². The predicted molar refractivity (Wildman–Crippen MR) is 123 cm³/mol. The van der Waals surface area contributed by atoms with Crippen molar-refractivity contribution in [1.29, 1.82) is 0 Å². The highest BCUT2D eigenvalue weighted by atomic mass is 35.5. The predicted octanol–water partition coefficient (Wildman–Crippen LogP) is 3.04. The molecule has 2 N–H and O–H groups in total. The number of likely N-dealkylation sites (tertiary alicyclic amines) is 1. The zero-order valence-electron chi connectivity index (χ0n) is 17.8. The van der Waals surface area contributed by atoms with Gasteiger partial charge >= 0.3 is 0 Å². The topological polar surface area (TPSA) is 95.5 Å². The molecule has 0 radical (unpaired) electrons. The number of hydrogen-bond acceptors (Lipinski definition) is 6. The molecule has 164 valence electrons. The molecule has 1 saturated heterocycles. The van der Waals surface area contributed by atoms with Crippen LogP contribution in [0.4, 0.5) is 5.82 Å². The van der Waals surface area contributed by atoms with Crippen molar-refractivity contribution in [3.63, 3.8) is 0 Å². The average Bonchev–Trinajstić information content (AvgIpc) is 3.39. The first-order valence-electron chi connectivity index (χ1n) is 9.93. The van der Waals surface area contributed by atoms with E-state index in [-0.39, 0.29) is 11.9 Å². The van der Waals surface area contributed by atoms with Crippen molar-refractivity contribution in [3.05, 3.63) is 53.5 Å². The van der Waals surface area contributed by atoms with Gasteiger partial charge in [-0.25, -0.2) is 9.97 Å². The number of benzene rings is 1. The number of hydrogen-bond donors (Lipinski definition) is 1. The third kappa shape index (κ3) is 3.83. The van der Waals surface area contributed by atoms with Gasteiger partial charge in [-0.15, -0.1) is 0 Å². The van der Waals surface area contributed by atoms with Gasteiger partial charge in [-0.1, -0.05) is 30.0 Å². The van der Waals surface area contributed by atoms with Gasteiger partial charge in [0.1, 0.15) is 34.4 Å². The molecule has 3 heterocycles. The number of aromatic nitrogens is 3. The highest BCUT2D eigenvalue weighted by Gasteiger charge is 2.31.